The average molecular weight is 227 g/mol. The molecule has 15 heavy (non-hydrogen) atoms. The first-order chi connectivity index (χ1) is 7.02. The zero-order valence-corrected chi connectivity index (χ0v) is 10.0. The zero-order valence-electron chi connectivity index (χ0n) is 9.26. The van der Waals surface area contributed by atoms with Crippen molar-refractivity contribution >= 4 is 16.8 Å². The van der Waals surface area contributed by atoms with Gasteiger partial charge >= 0.3 is 0 Å². The third-order valence-electron chi connectivity index (χ3n) is 2.42. The standard InChI is InChI=1S/C12H15ClO2/c1-8-4-5-9(2)12(10(8)3)15-7-6-11(13)14/h4-5H,6-7H2,1-3H3. The molecule has 1 aromatic rings. The van der Waals surface area contributed by atoms with E-state index in [2.05, 4.69) is 6.07 Å². The molecule has 0 amide bonds. The van der Waals surface area contributed by atoms with Crippen molar-refractivity contribution in [1.29, 1.82) is 0 Å². The quantitative estimate of drug-likeness (QED) is 0.738. The Hall–Kier alpha value is -1.02. The summed E-state index contributed by atoms with van der Waals surface area (Å²) in [4.78, 5) is 10.6. The Morgan fingerprint density at radius 1 is 1.27 bits per heavy atom. The van der Waals surface area contributed by atoms with Crippen molar-refractivity contribution in [1.82, 2.24) is 0 Å². The summed E-state index contributed by atoms with van der Waals surface area (Å²) < 4.78 is 5.55. The van der Waals surface area contributed by atoms with Crippen LogP contribution in [0.15, 0.2) is 12.1 Å². The molecule has 0 aromatic heterocycles. The van der Waals surface area contributed by atoms with E-state index in [0.29, 0.717) is 6.61 Å². The molecular weight excluding hydrogens is 212 g/mol. The third kappa shape index (κ3) is 3.24. The minimum absolute atomic E-state index is 0.244. The zero-order chi connectivity index (χ0) is 11.4. The van der Waals surface area contributed by atoms with Crippen molar-refractivity contribution < 1.29 is 9.53 Å². The normalized spacial score (nSPS) is 10.1. The van der Waals surface area contributed by atoms with Gasteiger partial charge in [-0.25, -0.2) is 0 Å². The third-order valence-corrected chi connectivity index (χ3v) is 2.61. The van der Waals surface area contributed by atoms with Crippen LogP contribution in [0.1, 0.15) is 23.1 Å². The number of benzene rings is 1. The molecule has 0 heterocycles. The van der Waals surface area contributed by atoms with E-state index in [1.54, 1.807) is 0 Å². The van der Waals surface area contributed by atoms with Crippen LogP contribution in [0.25, 0.3) is 0 Å². The molecule has 0 saturated carbocycles. The topological polar surface area (TPSA) is 26.3 Å². The van der Waals surface area contributed by atoms with Crippen molar-refractivity contribution in [3.05, 3.63) is 28.8 Å². The van der Waals surface area contributed by atoms with Crippen LogP contribution in [0.2, 0.25) is 0 Å². The lowest BCUT2D eigenvalue weighted by atomic mass is 10.1. The highest BCUT2D eigenvalue weighted by atomic mass is 35.5. The van der Waals surface area contributed by atoms with Gasteiger partial charge in [0, 0.05) is 0 Å². The highest BCUT2D eigenvalue weighted by Gasteiger charge is 2.06. The summed E-state index contributed by atoms with van der Waals surface area (Å²) in [7, 11) is 0. The number of hydrogen-bond donors (Lipinski definition) is 0. The lowest BCUT2D eigenvalue weighted by molar-refractivity contribution is -0.112. The first-order valence-electron chi connectivity index (χ1n) is 4.90. The Morgan fingerprint density at radius 3 is 2.47 bits per heavy atom. The van der Waals surface area contributed by atoms with E-state index in [1.807, 2.05) is 26.8 Å². The molecule has 0 aliphatic carbocycles. The minimum Gasteiger partial charge on any atom is -0.493 e. The molecule has 1 aromatic carbocycles. The van der Waals surface area contributed by atoms with Gasteiger partial charge in [-0.15, -0.1) is 0 Å². The van der Waals surface area contributed by atoms with E-state index in [0.717, 1.165) is 16.9 Å². The van der Waals surface area contributed by atoms with Crippen molar-refractivity contribution in [2.75, 3.05) is 6.61 Å². The second-order valence-corrected chi connectivity index (χ2v) is 4.03. The molecule has 0 unspecified atom stereocenters. The van der Waals surface area contributed by atoms with Crippen LogP contribution in [-0.2, 0) is 4.79 Å². The molecule has 82 valence electrons. The van der Waals surface area contributed by atoms with Crippen LogP contribution in [0, 0.1) is 20.8 Å². The molecule has 0 N–H and O–H groups in total. The van der Waals surface area contributed by atoms with Gasteiger partial charge in [-0.2, -0.15) is 0 Å². The van der Waals surface area contributed by atoms with Crippen LogP contribution in [0.5, 0.6) is 5.75 Å². The largest absolute Gasteiger partial charge is 0.493 e. The van der Waals surface area contributed by atoms with Gasteiger partial charge in [0.25, 0.3) is 0 Å². The predicted octanol–water partition coefficient (Wildman–Crippen LogP) is 3.15. The van der Waals surface area contributed by atoms with Crippen molar-refractivity contribution in [3.8, 4) is 5.75 Å². The summed E-state index contributed by atoms with van der Waals surface area (Å²) in [5, 5.41) is -0.363. The number of carbonyl (C=O) groups is 1. The van der Waals surface area contributed by atoms with E-state index in [9.17, 15) is 4.79 Å². The summed E-state index contributed by atoms with van der Waals surface area (Å²) in [5.41, 5.74) is 3.39. The fourth-order valence-electron chi connectivity index (χ4n) is 1.38. The number of aryl methyl sites for hydroxylation is 2. The smallest absolute Gasteiger partial charge is 0.225 e. The van der Waals surface area contributed by atoms with E-state index < -0.39 is 0 Å². The Kier molecular flexibility index (Phi) is 4.15. The van der Waals surface area contributed by atoms with Crippen molar-refractivity contribution in [2.24, 2.45) is 0 Å². The molecule has 0 bridgehead atoms. The summed E-state index contributed by atoms with van der Waals surface area (Å²) in [6, 6.07) is 4.07. The summed E-state index contributed by atoms with van der Waals surface area (Å²) in [6.45, 7) is 6.38. The SMILES string of the molecule is Cc1ccc(C)c(OCCC(=O)Cl)c1C. The lowest BCUT2D eigenvalue weighted by Crippen LogP contribution is -2.04. The Bertz CT molecular complexity index is 372. The predicted molar refractivity (Wildman–Crippen MR) is 61.6 cm³/mol. The average Bonchev–Trinajstić information content (AvgIpc) is 2.17. The molecule has 0 spiro atoms. The number of hydrogen-bond acceptors (Lipinski definition) is 2. The molecule has 3 heteroatoms. The van der Waals surface area contributed by atoms with Gasteiger partial charge in [-0.1, -0.05) is 12.1 Å². The highest BCUT2D eigenvalue weighted by molar-refractivity contribution is 6.63. The number of halogens is 1. The lowest BCUT2D eigenvalue weighted by Gasteiger charge is -2.13. The van der Waals surface area contributed by atoms with Gasteiger partial charge in [-0.3, -0.25) is 4.79 Å². The molecular formula is C12H15ClO2. The fourth-order valence-corrected chi connectivity index (χ4v) is 1.46. The van der Waals surface area contributed by atoms with Crippen molar-refractivity contribution in [2.45, 2.75) is 27.2 Å². The number of carbonyl (C=O) groups excluding carboxylic acids is 1. The van der Waals surface area contributed by atoms with E-state index in [4.69, 9.17) is 16.3 Å². The molecule has 0 atom stereocenters. The van der Waals surface area contributed by atoms with E-state index in [-0.39, 0.29) is 11.7 Å². The second-order valence-electron chi connectivity index (χ2n) is 3.61. The molecule has 0 aliphatic rings. The highest BCUT2D eigenvalue weighted by Crippen LogP contribution is 2.25. The Labute approximate surface area is 95.2 Å². The van der Waals surface area contributed by atoms with E-state index >= 15 is 0 Å². The van der Waals surface area contributed by atoms with Gasteiger partial charge in [0.05, 0.1) is 13.0 Å². The maximum Gasteiger partial charge on any atom is 0.225 e. The van der Waals surface area contributed by atoms with Crippen LogP contribution in [-0.4, -0.2) is 11.8 Å². The first kappa shape index (κ1) is 12.1. The molecule has 0 radical (unpaired) electrons. The van der Waals surface area contributed by atoms with Gasteiger partial charge in [0.2, 0.25) is 5.24 Å². The fraction of sp³-hybridized carbons (Fsp3) is 0.417. The van der Waals surface area contributed by atoms with E-state index in [1.165, 1.54) is 5.56 Å². The minimum atomic E-state index is -0.363. The van der Waals surface area contributed by atoms with Gasteiger partial charge in [0.15, 0.2) is 0 Å². The first-order valence-corrected chi connectivity index (χ1v) is 5.28. The van der Waals surface area contributed by atoms with Gasteiger partial charge < -0.3 is 4.74 Å². The maximum absolute atomic E-state index is 10.6. The van der Waals surface area contributed by atoms with Gasteiger partial charge in [-0.05, 0) is 49.1 Å². The number of ether oxygens (including phenoxy) is 1. The monoisotopic (exact) mass is 226 g/mol. The molecule has 2 nitrogen and oxygen atoms in total. The van der Waals surface area contributed by atoms with Crippen molar-refractivity contribution in [3.63, 3.8) is 0 Å². The maximum atomic E-state index is 10.6. The summed E-state index contributed by atoms with van der Waals surface area (Å²) in [6.07, 6.45) is 0.244. The Balaban J connectivity index is 2.75. The molecule has 0 fully saturated rings. The summed E-state index contributed by atoms with van der Waals surface area (Å²) in [5.74, 6) is 0.868. The second kappa shape index (κ2) is 5.17. The van der Waals surface area contributed by atoms with Crippen LogP contribution < -0.4 is 4.74 Å². The van der Waals surface area contributed by atoms with Gasteiger partial charge in [0.1, 0.15) is 5.75 Å². The van der Waals surface area contributed by atoms with Crippen LogP contribution >= 0.6 is 11.6 Å². The molecule has 0 aliphatic heterocycles. The molecule has 0 saturated heterocycles. The molecule has 1 rings (SSSR count). The van der Waals surface area contributed by atoms with Crippen LogP contribution in [0.3, 0.4) is 0 Å². The van der Waals surface area contributed by atoms with Crippen LogP contribution in [0.4, 0.5) is 0 Å². The number of rotatable bonds is 4. The Morgan fingerprint density at radius 2 is 1.87 bits per heavy atom. The summed E-state index contributed by atoms with van der Waals surface area (Å²) >= 11 is 5.24.